The molecule has 1 aromatic rings. The lowest BCUT2D eigenvalue weighted by molar-refractivity contribution is -0.00258. The van der Waals surface area contributed by atoms with E-state index in [1.807, 2.05) is 57.6 Å². The molecule has 0 aromatic carbocycles. The van der Waals surface area contributed by atoms with E-state index in [1.54, 1.807) is 6.20 Å². The van der Waals surface area contributed by atoms with Crippen molar-refractivity contribution >= 4 is 12.0 Å². The molecule has 0 fully saturated rings. The van der Waals surface area contributed by atoms with E-state index in [9.17, 15) is 0 Å². The Morgan fingerprint density at radius 1 is 0.867 bits per heavy atom. The average Bonchev–Trinajstić information content (AvgIpc) is 2.77. The lowest BCUT2D eigenvalue weighted by Gasteiger charge is -2.17. The normalized spacial score (nSPS) is 11.9. The minimum absolute atomic E-state index is 0.560. The highest BCUT2D eigenvalue weighted by atomic mass is 16.6. The molecule has 1 aromatic heterocycles. The highest BCUT2D eigenvalue weighted by Crippen LogP contribution is 2.05. The predicted molar refractivity (Wildman–Crippen MR) is 122 cm³/mol. The Morgan fingerprint density at radius 3 is 2.03 bits per heavy atom. The van der Waals surface area contributed by atoms with Crippen LogP contribution in [0.2, 0.25) is 0 Å². The topological polar surface area (TPSA) is 68.7 Å². The molecule has 1 heterocycles. The second-order valence-electron chi connectivity index (χ2n) is 6.64. The van der Waals surface area contributed by atoms with Crippen molar-refractivity contribution in [2.45, 2.75) is 6.92 Å². The molecule has 30 heavy (non-hydrogen) atoms. The van der Waals surface area contributed by atoms with E-state index < -0.39 is 0 Å². The van der Waals surface area contributed by atoms with E-state index in [1.165, 1.54) is 0 Å². The molecule has 1 rings (SSSR count). The largest absolute Gasteiger partial charge is 0.378 e. The second kappa shape index (κ2) is 19.1. The summed E-state index contributed by atoms with van der Waals surface area (Å²) in [5, 5.41) is 0. The summed E-state index contributed by atoms with van der Waals surface area (Å²) in [7, 11) is 4.02. The van der Waals surface area contributed by atoms with E-state index in [0.717, 1.165) is 18.9 Å². The Kier molecular flexibility index (Phi) is 16.7. The minimum atomic E-state index is 0.560. The van der Waals surface area contributed by atoms with Crippen LogP contribution in [-0.4, -0.2) is 103 Å². The van der Waals surface area contributed by atoms with E-state index in [2.05, 4.69) is 19.8 Å². The zero-order chi connectivity index (χ0) is 21.7. The van der Waals surface area contributed by atoms with Crippen molar-refractivity contribution in [3.8, 4) is 0 Å². The van der Waals surface area contributed by atoms with Crippen LogP contribution in [-0.2, 0) is 18.9 Å². The van der Waals surface area contributed by atoms with Gasteiger partial charge in [-0.2, -0.15) is 0 Å². The molecule has 0 atom stereocenters. The summed E-state index contributed by atoms with van der Waals surface area (Å²) in [6.45, 7) is 9.00. The molecule has 0 saturated heterocycles. The third-order valence-electron chi connectivity index (χ3n) is 4.05. The molecule has 0 unspecified atom stereocenters. The Morgan fingerprint density at radius 2 is 1.47 bits per heavy atom. The van der Waals surface area contributed by atoms with Gasteiger partial charge in [0.2, 0.25) is 0 Å². The van der Waals surface area contributed by atoms with Gasteiger partial charge in [-0.05, 0) is 32.2 Å². The van der Waals surface area contributed by atoms with Crippen molar-refractivity contribution in [3.05, 3.63) is 36.5 Å². The van der Waals surface area contributed by atoms with Crippen molar-refractivity contribution in [2.75, 3.05) is 91.6 Å². The van der Waals surface area contributed by atoms with Gasteiger partial charge in [-0.1, -0.05) is 12.1 Å². The van der Waals surface area contributed by atoms with E-state index in [-0.39, 0.29) is 0 Å². The first kappa shape index (κ1) is 26.2. The zero-order valence-corrected chi connectivity index (χ0v) is 18.7. The SMILES string of the molecule is C/C=C\C=N/CN(C)CCOCCOCCOCCOCCN(C)c1ccccn1. The first-order valence-electron chi connectivity index (χ1n) is 10.5. The van der Waals surface area contributed by atoms with E-state index >= 15 is 0 Å². The molecule has 8 heteroatoms. The molecule has 0 aliphatic carbocycles. The molecule has 0 aliphatic heterocycles. The maximum Gasteiger partial charge on any atom is 0.128 e. The number of aromatic nitrogens is 1. The Hall–Kier alpha value is -1.84. The number of rotatable bonds is 19. The van der Waals surface area contributed by atoms with Crippen molar-refractivity contribution < 1.29 is 18.9 Å². The van der Waals surface area contributed by atoms with Gasteiger partial charge >= 0.3 is 0 Å². The van der Waals surface area contributed by atoms with Crippen LogP contribution in [0.4, 0.5) is 5.82 Å². The number of nitrogens with zero attached hydrogens (tertiary/aromatic N) is 4. The van der Waals surface area contributed by atoms with Gasteiger partial charge in [0.05, 0.1) is 59.5 Å². The number of anilines is 1. The van der Waals surface area contributed by atoms with Gasteiger partial charge in [-0.25, -0.2) is 4.98 Å². The lowest BCUT2D eigenvalue weighted by atomic mass is 10.4. The van der Waals surface area contributed by atoms with Crippen molar-refractivity contribution in [1.82, 2.24) is 9.88 Å². The Bertz CT molecular complexity index is 557. The van der Waals surface area contributed by atoms with Gasteiger partial charge in [0.1, 0.15) is 5.82 Å². The highest BCUT2D eigenvalue weighted by Gasteiger charge is 2.00. The molecular formula is C22H38N4O4. The van der Waals surface area contributed by atoms with Crippen LogP contribution < -0.4 is 4.90 Å². The van der Waals surface area contributed by atoms with Crippen LogP contribution in [0.3, 0.4) is 0 Å². The van der Waals surface area contributed by atoms with Gasteiger partial charge < -0.3 is 23.8 Å². The fourth-order valence-electron chi connectivity index (χ4n) is 2.28. The van der Waals surface area contributed by atoms with Gasteiger partial charge in [-0.15, -0.1) is 0 Å². The maximum atomic E-state index is 5.58. The molecule has 0 bridgehead atoms. The van der Waals surface area contributed by atoms with Gasteiger partial charge in [0.15, 0.2) is 0 Å². The average molecular weight is 423 g/mol. The quantitative estimate of drug-likeness (QED) is 0.250. The summed E-state index contributed by atoms with van der Waals surface area (Å²) in [4.78, 5) is 12.7. The Labute approximate surface area is 181 Å². The van der Waals surface area contributed by atoms with Crippen LogP contribution in [0.15, 0.2) is 41.5 Å². The number of aliphatic imine (C=N–C) groups is 1. The first-order valence-corrected chi connectivity index (χ1v) is 10.5. The van der Waals surface area contributed by atoms with Crippen LogP contribution in [0.1, 0.15) is 6.92 Å². The number of likely N-dealkylation sites (N-methyl/N-ethyl adjacent to an activating group) is 2. The molecule has 0 aliphatic rings. The fourth-order valence-corrected chi connectivity index (χ4v) is 2.28. The van der Waals surface area contributed by atoms with Crippen LogP contribution in [0, 0.1) is 0 Å². The predicted octanol–water partition coefficient (Wildman–Crippen LogP) is 2.12. The summed E-state index contributed by atoms with van der Waals surface area (Å²) < 4.78 is 22.1. The monoisotopic (exact) mass is 422 g/mol. The van der Waals surface area contributed by atoms with E-state index in [4.69, 9.17) is 18.9 Å². The minimum Gasteiger partial charge on any atom is -0.378 e. The molecule has 0 spiro atoms. The number of allylic oxidation sites excluding steroid dienone is 2. The lowest BCUT2D eigenvalue weighted by Crippen LogP contribution is -2.24. The smallest absolute Gasteiger partial charge is 0.128 e. The maximum absolute atomic E-state index is 5.58. The van der Waals surface area contributed by atoms with Crippen molar-refractivity contribution in [2.24, 2.45) is 4.99 Å². The number of pyridine rings is 1. The number of hydrogen-bond donors (Lipinski definition) is 0. The summed E-state index contributed by atoms with van der Waals surface area (Å²) in [5.41, 5.74) is 0. The zero-order valence-electron chi connectivity index (χ0n) is 18.7. The number of hydrogen-bond acceptors (Lipinski definition) is 8. The molecular weight excluding hydrogens is 384 g/mol. The summed E-state index contributed by atoms with van der Waals surface area (Å²) in [5.74, 6) is 0.944. The molecule has 0 N–H and O–H groups in total. The molecule has 170 valence electrons. The van der Waals surface area contributed by atoms with E-state index in [0.29, 0.717) is 59.5 Å². The summed E-state index contributed by atoms with van der Waals surface area (Å²) >= 11 is 0. The third kappa shape index (κ3) is 15.1. The van der Waals surface area contributed by atoms with Crippen molar-refractivity contribution in [3.63, 3.8) is 0 Å². The Balaban J connectivity index is 1.79. The van der Waals surface area contributed by atoms with Gasteiger partial charge in [-0.3, -0.25) is 9.89 Å². The van der Waals surface area contributed by atoms with Crippen LogP contribution in [0.5, 0.6) is 0 Å². The summed E-state index contributed by atoms with van der Waals surface area (Å²) in [6, 6.07) is 5.87. The van der Waals surface area contributed by atoms with Gasteiger partial charge in [0, 0.05) is 32.5 Å². The van der Waals surface area contributed by atoms with Crippen molar-refractivity contribution in [1.29, 1.82) is 0 Å². The highest BCUT2D eigenvalue weighted by molar-refractivity contribution is 5.70. The first-order chi connectivity index (χ1) is 14.7. The fraction of sp³-hybridized carbons (Fsp3) is 0.636. The third-order valence-corrected chi connectivity index (χ3v) is 4.05. The standard InChI is InChI=1S/C22H38N4O4/c1-4-5-9-23-21-25(2)11-13-27-15-17-29-19-20-30-18-16-28-14-12-26(3)22-8-6-7-10-24-22/h4-10H,11-21H2,1-3H3/b5-4-,23-9-. The molecule has 8 nitrogen and oxygen atoms in total. The number of ether oxygens (including phenoxy) is 4. The van der Waals surface area contributed by atoms with Crippen LogP contribution >= 0.6 is 0 Å². The van der Waals surface area contributed by atoms with Gasteiger partial charge in [0.25, 0.3) is 0 Å². The van der Waals surface area contributed by atoms with Crippen LogP contribution in [0.25, 0.3) is 0 Å². The molecule has 0 radical (unpaired) electrons. The molecule has 0 amide bonds. The second-order valence-corrected chi connectivity index (χ2v) is 6.64. The summed E-state index contributed by atoms with van der Waals surface area (Å²) in [6.07, 6.45) is 7.47. The molecule has 0 saturated carbocycles.